The molecule has 4 heteroatoms. The molecule has 1 aromatic heterocycles. The van der Waals surface area contributed by atoms with E-state index >= 15 is 0 Å². The van der Waals surface area contributed by atoms with Crippen molar-refractivity contribution in [3.8, 4) is 5.75 Å². The van der Waals surface area contributed by atoms with Crippen molar-refractivity contribution in [2.75, 3.05) is 5.32 Å². The quantitative estimate of drug-likeness (QED) is 0.597. The van der Waals surface area contributed by atoms with Gasteiger partial charge in [0.2, 0.25) is 0 Å². The molecule has 3 rings (SSSR count). The number of aromatic nitrogens is 1. The maximum atomic E-state index is 10.6. The molecule has 2 aromatic carbocycles. The zero-order valence-corrected chi connectivity index (χ0v) is 16.8. The summed E-state index contributed by atoms with van der Waals surface area (Å²) in [5.41, 5.74) is 4.95. The van der Waals surface area contributed by atoms with Gasteiger partial charge in [-0.2, -0.15) is 0 Å². The number of hydrogen-bond donors (Lipinski definition) is 2. The molecule has 0 aliphatic carbocycles. The van der Waals surface area contributed by atoms with Crippen molar-refractivity contribution in [2.45, 2.75) is 53.2 Å². The van der Waals surface area contributed by atoms with Crippen LogP contribution in [0.2, 0.25) is 0 Å². The van der Waals surface area contributed by atoms with Crippen molar-refractivity contribution in [1.82, 2.24) is 9.88 Å². The van der Waals surface area contributed by atoms with Crippen LogP contribution in [0.1, 0.15) is 38.8 Å². The summed E-state index contributed by atoms with van der Waals surface area (Å²) >= 11 is 0. The number of rotatable bonds is 6. The molecule has 27 heavy (non-hydrogen) atoms. The van der Waals surface area contributed by atoms with E-state index in [2.05, 4.69) is 68.0 Å². The summed E-state index contributed by atoms with van der Waals surface area (Å²) in [4.78, 5) is 6.81. The SMILES string of the molecule is Cc1ccc2c(Nc3ccc(CN(C(C)C)C(C)C)c(O)c3)ccnc2c1. The Morgan fingerprint density at radius 2 is 1.74 bits per heavy atom. The summed E-state index contributed by atoms with van der Waals surface area (Å²) in [7, 11) is 0. The van der Waals surface area contributed by atoms with Gasteiger partial charge in [0.15, 0.2) is 0 Å². The highest BCUT2D eigenvalue weighted by Gasteiger charge is 2.16. The molecule has 4 nitrogen and oxygen atoms in total. The number of phenols is 1. The van der Waals surface area contributed by atoms with Gasteiger partial charge in [-0.1, -0.05) is 18.2 Å². The number of nitrogens with zero attached hydrogens (tertiary/aromatic N) is 2. The van der Waals surface area contributed by atoms with E-state index in [1.54, 1.807) is 6.07 Å². The number of fused-ring (bicyclic) bond motifs is 1. The molecule has 0 radical (unpaired) electrons. The van der Waals surface area contributed by atoms with Gasteiger partial charge in [-0.25, -0.2) is 0 Å². The largest absolute Gasteiger partial charge is 0.508 e. The van der Waals surface area contributed by atoms with Crippen LogP contribution in [0.3, 0.4) is 0 Å². The van der Waals surface area contributed by atoms with Crippen LogP contribution >= 0.6 is 0 Å². The van der Waals surface area contributed by atoms with Gasteiger partial charge in [0, 0.05) is 53.2 Å². The van der Waals surface area contributed by atoms with Crippen LogP contribution in [0.15, 0.2) is 48.7 Å². The number of aromatic hydroxyl groups is 1. The smallest absolute Gasteiger partial charge is 0.122 e. The van der Waals surface area contributed by atoms with Gasteiger partial charge >= 0.3 is 0 Å². The highest BCUT2D eigenvalue weighted by molar-refractivity contribution is 5.93. The van der Waals surface area contributed by atoms with E-state index in [0.717, 1.165) is 34.4 Å². The van der Waals surface area contributed by atoms with Crippen LogP contribution < -0.4 is 5.32 Å². The molecular weight excluding hydrogens is 334 g/mol. The maximum absolute atomic E-state index is 10.6. The zero-order chi connectivity index (χ0) is 19.6. The van der Waals surface area contributed by atoms with E-state index in [4.69, 9.17) is 0 Å². The van der Waals surface area contributed by atoms with E-state index in [-0.39, 0.29) is 0 Å². The number of pyridine rings is 1. The molecule has 0 saturated carbocycles. The molecule has 0 aliphatic heterocycles. The number of benzene rings is 2. The van der Waals surface area contributed by atoms with Crippen LogP contribution in [0.25, 0.3) is 10.9 Å². The number of anilines is 2. The molecule has 0 unspecified atom stereocenters. The fourth-order valence-corrected chi connectivity index (χ4v) is 3.46. The Bertz CT molecular complexity index is 926. The summed E-state index contributed by atoms with van der Waals surface area (Å²) in [5, 5.41) is 15.0. The number of nitrogens with one attached hydrogen (secondary N) is 1. The lowest BCUT2D eigenvalue weighted by Crippen LogP contribution is -2.36. The molecule has 0 saturated heterocycles. The number of hydrogen-bond acceptors (Lipinski definition) is 4. The average Bonchev–Trinajstić information content (AvgIpc) is 2.60. The van der Waals surface area contributed by atoms with Crippen molar-refractivity contribution in [3.05, 3.63) is 59.8 Å². The topological polar surface area (TPSA) is 48.4 Å². The van der Waals surface area contributed by atoms with Crippen LogP contribution in [-0.4, -0.2) is 27.1 Å². The normalized spacial score (nSPS) is 11.7. The first-order chi connectivity index (χ1) is 12.8. The van der Waals surface area contributed by atoms with Crippen molar-refractivity contribution in [2.24, 2.45) is 0 Å². The lowest BCUT2D eigenvalue weighted by molar-refractivity contribution is 0.164. The molecule has 0 fully saturated rings. The molecule has 2 N–H and O–H groups in total. The fraction of sp³-hybridized carbons (Fsp3) is 0.348. The third-order valence-electron chi connectivity index (χ3n) is 4.94. The van der Waals surface area contributed by atoms with E-state index in [0.29, 0.717) is 17.8 Å². The first-order valence-corrected chi connectivity index (χ1v) is 9.55. The standard InChI is InChI=1S/C23H29N3O/c1-15(2)26(16(3)4)14-18-7-8-19(13-23(18)27)25-21-10-11-24-22-12-17(5)6-9-20(21)22/h6-13,15-16,27H,14H2,1-5H3,(H,24,25). The molecule has 0 aliphatic rings. The van der Waals surface area contributed by atoms with Gasteiger partial charge in [-0.3, -0.25) is 9.88 Å². The molecule has 0 spiro atoms. The van der Waals surface area contributed by atoms with Crippen molar-refractivity contribution in [1.29, 1.82) is 0 Å². The second-order valence-electron chi connectivity index (χ2n) is 7.71. The molecule has 0 atom stereocenters. The molecule has 0 bridgehead atoms. The highest BCUT2D eigenvalue weighted by Crippen LogP contribution is 2.29. The summed E-state index contributed by atoms with van der Waals surface area (Å²) < 4.78 is 0. The monoisotopic (exact) mass is 363 g/mol. The Balaban J connectivity index is 1.84. The third kappa shape index (κ3) is 4.40. The van der Waals surface area contributed by atoms with E-state index in [1.165, 1.54) is 5.56 Å². The summed E-state index contributed by atoms with van der Waals surface area (Å²) in [6.45, 7) is 11.5. The Kier molecular flexibility index (Phi) is 5.66. The minimum Gasteiger partial charge on any atom is -0.508 e. The second-order valence-corrected chi connectivity index (χ2v) is 7.71. The van der Waals surface area contributed by atoms with Crippen LogP contribution in [0.5, 0.6) is 5.75 Å². The highest BCUT2D eigenvalue weighted by atomic mass is 16.3. The van der Waals surface area contributed by atoms with Crippen molar-refractivity contribution < 1.29 is 5.11 Å². The summed E-state index contributed by atoms with van der Waals surface area (Å²) in [6, 6.07) is 14.9. The summed E-state index contributed by atoms with van der Waals surface area (Å²) in [5.74, 6) is 0.320. The first kappa shape index (κ1) is 19.2. The van der Waals surface area contributed by atoms with Gasteiger partial charge < -0.3 is 10.4 Å². The molecule has 142 valence electrons. The fourth-order valence-electron chi connectivity index (χ4n) is 3.46. The third-order valence-corrected chi connectivity index (χ3v) is 4.94. The van der Waals surface area contributed by atoms with Crippen LogP contribution in [0.4, 0.5) is 11.4 Å². The van der Waals surface area contributed by atoms with Gasteiger partial charge in [0.1, 0.15) is 5.75 Å². The number of aryl methyl sites for hydroxylation is 1. The Labute approximate surface area is 161 Å². The van der Waals surface area contributed by atoms with E-state index in [1.807, 2.05) is 24.4 Å². The van der Waals surface area contributed by atoms with Crippen LogP contribution in [0, 0.1) is 6.92 Å². The number of phenolic OH excluding ortho intramolecular Hbond substituents is 1. The van der Waals surface area contributed by atoms with Crippen molar-refractivity contribution in [3.63, 3.8) is 0 Å². The van der Waals surface area contributed by atoms with Crippen LogP contribution in [-0.2, 0) is 6.54 Å². The minimum absolute atomic E-state index is 0.320. The second kappa shape index (κ2) is 7.97. The average molecular weight is 364 g/mol. The van der Waals surface area contributed by atoms with Gasteiger partial charge in [-0.15, -0.1) is 0 Å². The molecule has 0 amide bonds. The minimum atomic E-state index is 0.320. The zero-order valence-electron chi connectivity index (χ0n) is 16.8. The Morgan fingerprint density at radius 3 is 2.41 bits per heavy atom. The Hall–Kier alpha value is -2.59. The predicted molar refractivity (Wildman–Crippen MR) is 114 cm³/mol. The molecular formula is C23H29N3O. The predicted octanol–water partition coefficient (Wildman–Crippen LogP) is 5.61. The van der Waals surface area contributed by atoms with Gasteiger partial charge in [0.05, 0.1) is 5.52 Å². The van der Waals surface area contributed by atoms with Crippen molar-refractivity contribution >= 4 is 22.3 Å². The molecule has 3 aromatic rings. The lowest BCUT2D eigenvalue weighted by atomic mass is 10.1. The van der Waals surface area contributed by atoms with E-state index < -0.39 is 0 Å². The first-order valence-electron chi connectivity index (χ1n) is 9.55. The van der Waals surface area contributed by atoms with E-state index in [9.17, 15) is 5.11 Å². The van der Waals surface area contributed by atoms with Gasteiger partial charge in [0.25, 0.3) is 0 Å². The summed E-state index contributed by atoms with van der Waals surface area (Å²) in [6.07, 6.45) is 1.81. The Morgan fingerprint density at radius 1 is 1.00 bits per heavy atom. The lowest BCUT2D eigenvalue weighted by Gasteiger charge is -2.30. The molecule has 1 heterocycles. The maximum Gasteiger partial charge on any atom is 0.122 e. The van der Waals surface area contributed by atoms with Gasteiger partial charge in [-0.05, 0) is 58.4 Å².